The first-order valence-electron chi connectivity index (χ1n) is 30.6. The third-order valence-corrected chi connectivity index (χ3v) is 13.7. The average Bonchev–Trinajstić information content (AvgIpc) is 1.70. The number of oxazole rings is 3. The molecule has 2 unspecified atom stereocenters. The zero-order valence-corrected chi connectivity index (χ0v) is 57.4. The largest absolute Gasteiger partial charge is 0.504 e. The summed E-state index contributed by atoms with van der Waals surface area (Å²) < 4.78 is 70.0. The molecule has 0 aliphatic heterocycles. The molecule has 0 bridgehead atoms. The van der Waals surface area contributed by atoms with Crippen LogP contribution in [0.3, 0.4) is 0 Å². The van der Waals surface area contributed by atoms with E-state index in [1.807, 2.05) is 6.07 Å². The number of carbonyl (C=O) groups excluding carboxylic acids is 5. The molecular weight excluding hydrogens is 1310 g/mol. The normalized spacial score (nSPS) is 10.8. The number of carboxylic acid groups (broad SMARTS) is 1. The zero-order chi connectivity index (χ0) is 74.2. The van der Waals surface area contributed by atoms with Crippen LogP contribution in [0.4, 0.5) is 11.4 Å². The number of methoxy groups -OCH3 is 6. The molecule has 0 fully saturated rings. The number of benzene rings is 6. The number of carbonyl (C=O) groups is 6. The predicted octanol–water partition coefficient (Wildman–Crippen LogP) is 10.5. The Balaban J connectivity index is 0.000000255. The zero-order valence-electron chi connectivity index (χ0n) is 57.4. The summed E-state index contributed by atoms with van der Waals surface area (Å²) in [5.41, 5.74) is 12.8. The minimum absolute atomic E-state index is 0.0523. The molecule has 2 atom stereocenters. The minimum atomic E-state index is -0.884. The second kappa shape index (κ2) is 40.5. The maximum Gasteiger partial charge on any atom is 0.314 e. The van der Waals surface area contributed by atoms with Crippen molar-refractivity contribution in [1.29, 1.82) is 0 Å². The van der Waals surface area contributed by atoms with Crippen molar-refractivity contribution in [1.82, 2.24) is 15.0 Å². The van der Waals surface area contributed by atoms with Crippen LogP contribution < -0.4 is 34.2 Å². The van der Waals surface area contributed by atoms with Gasteiger partial charge in [0.05, 0.1) is 124 Å². The number of phenolic OH excluding ortho intramolecular Hbond substituents is 3. The molecule has 0 saturated heterocycles. The number of aromatic hydroxyl groups is 3. The number of nitrogens with two attached hydrogens (primary N) is 1. The van der Waals surface area contributed by atoms with Gasteiger partial charge in [0.2, 0.25) is 5.75 Å². The van der Waals surface area contributed by atoms with Crippen LogP contribution in [0.1, 0.15) is 93.7 Å². The summed E-state index contributed by atoms with van der Waals surface area (Å²) in [4.78, 5) is 89.8. The van der Waals surface area contributed by atoms with Gasteiger partial charge >= 0.3 is 41.5 Å². The maximum atomic E-state index is 11.7. The Hall–Kier alpha value is -12.1. The van der Waals surface area contributed by atoms with Crippen LogP contribution in [-0.4, -0.2) is 152 Å². The number of carboxylic acids is 1. The van der Waals surface area contributed by atoms with E-state index >= 15 is 0 Å². The lowest BCUT2D eigenvalue weighted by molar-refractivity contribution is -0.386. The average molecular weight is 1400 g/mol. The molecule has 6 N–H and O–H groups in total. The number of nitrogen functional groups attached to an aromatic ring is 1. The summed E-state index contributed by atoms with van der Waals surface area (Å²) in [5, 5.41) is 48.0. The highest BCUT2D eigenvalue weighted by Gasteiger charge is 2.23. The van der Waals surface area contributed by atoms with Gasteiger partial charge in [0.25, 0.3) is 0 Å². The lowest BCUT2D eigenvalue weighted by atomic mass is 10.0. The number of aliphatic carboxylic acids is 1. The van der Waals surface area contributed by atoms with Crippen LogP contribution in [0.5, 0.6) is 51.7 Å². The van der Waals surface area contributed by atoms with Crippen LogP contribution in [-0.2, 0) is 78.1 Å². The van der Waals surface area contributed by atoms with E-state index in [0.29, 0.717) is 99.4 Å². The molecule has 3 aromatic heterocycles. The van der Waals surface area contributed by atoms with Crippen molar-refractivity contribution in [3.63, 3.8) is 0 Å². The van der Waals surface area contributed by atoms with E-state index in [-0.39, 0.29) is 90.8 Å². The molecule has 100 heavy (non-hydrogen) atoms. The maximum absolute atomic E-state index is 11.7. The summed E-state index contributed by atoms with van der Waals surface area (Å²) in [6.45, 7) is 13.8. The van der Waals surface area contributed by atoms with Gasteiger partial charge in [0.1, 0.15) is 16.6 Å². The van der Waals surface area contributed by atoms with E-state index in [0.717, 1.165) is 22.8 Å². The topological polar surface area (TPSA) is 432 Å². The van der Waals surface area contributed by atoms with E-state index in [1.165, 1.54) is 65.8 Å². The van der Waals surface area contributed by atoms with Crippen molar-refractivity contribution in [3.8, 4) is 51.7 Å². The number of fused-ring (bicyclic) bond motifs is 3. The van der Waals surface area contributed by atoms with Crippen LogP contribution in [0.25, 0.3) is 33.3 Å². The second-order valence-corrected chi connectivity index (χ2v) is 20.5. The third kappa shape index (κ3) is 23.6. The lowest BCUT2D eigenvalue weighted by Gasteiger charge is -2.12. The predicted molar refractivity (Wildman–Crippen MR) is 359 cm³/mol. The summed E-state index contributed by atoms with van der Waals surface area (Å²) in [7, 11) is 8.76. The number of anilines is 1. The molecular formula is C69H81N5O26. The summed E-state index contributed by atoms with van der Waals surface area (Å²) >= 11 is 0. The number of nitro groups is 1. The molecule has 6 aromatic carbocycles. The number of esters is 5. The van der Waals surface area contributed by atoms with Gasteiger partial charge in [-0.05, 0) is 149 Å². The summed E-state index contributed by atoms with van der Waals surface area (Å²) in [5.74, 6) is -1.93. The van der Waals surface area contributed by atoms with Gasteiger partial charge in [0, 0.05) is 6.07 Å². The molecule has 0 saturated carbocycles. The van der Waals surface area contributed by atoms with Crippen molar-refractivity contribution < 1.29 is 119 Å². The van der Waals surface area contributed by atoms with E-state index in [4.69, 9.17) is 76.2 Å². The van der Waals surface area contributed by atoms with Crippen LogP contribution >= 0.6 is 0 Å². The first kappa shape index (κ1) is 80.4. The molecule has 538 valence electrons. The second-order valence-electron chi connectivity index (χ2n) is 20.5. The quantitative estimate of drug-likeness (QED) is 0.00937. The first-order chi connectivity index (χ1) is 47.8. The molecule has 9 aromatic rings. The number of aromatic nitrogens is 3. The molecule has 3 heterocycles. The highest BCUT2D eigenvalue weighted by atomic mass is 16.6. The number of phenols is 3. The Morgan fingerprint density at radius 2 is 0.810 bits per heavy atom. The van der Waals surface area contributed by atoms with Crippen molar-refractivity contribution in [2.45, 2.75) is 86.0 Å². The fourth-order valence-corrected chi connectivity index (χ4v) is 8.85. The smallest absolute Gasteiger partial charge is 0.314 e. The number of hydrogen-bond acceptors (Lipinski definition) is 29. The van der Waals surface area contributed by atoms with Crippen LogP contribution in [0.2, 0.25) is 0 Å². The molecule has 0 radical (unpaired) electrons. The van der Waals surface area contributed by atoms with Gasteiger partial charge in [-0.25, -0.2) is 15.0 Å². The standard InChI is InChI=1S/C13H15NO4.C12H13NO4.C11H13NO6.C11H11NO4.C11H15NO4.C11H14O4/c1-4-17-13(15)8(2)9-5-10-12(18-7-14-10)11(6-9)16-3;1-3-16-11(14)6-8-4-9-12(17-7-13-9)10(5-8)15-2;1-3-18-10(13)6-7-4-8(12(15)16)11(14)9(5-7)17-2;1-6(11(13)14)7-3-8-10(16-5-12-8)9(4-7)15-2;1-3-16-10(13)6-7-4-8(12)11(14)9(5-7)15-2;1-3-15-11(13)7-8-4-5-9(12)10(6-8)14-2/h5-8H,4H2,1-3H3;4-5,7H,3,6H2,1-2H3;4-5,14H,3,6H2,1-2H3;3-6H,1-2H3,(H,13,14);4-5,14H,3,6,12H2,1-2H3;4-6,12H,3,7H2,1-2H3. The third-order valence-electron chi connectivity index (χ3n) is 13.7. The van der Waals surface area contributed by atoms with Gasteiger partial charge in [0.15, 0.2) is 81.9 Å². The Labute approximate surface area is 573 Å². The summed E-state index contributed by atoms with van der Waals surface area (Å²) in [6, 6.07) is 20.8. The fourth-order valence-electron chi connectivity index (χ4n) is 8.85. The van der Waals surface area contributed by atoms with E-state index in [2.05, 4.69) is 15.0 Å². The van der Waals surface area contributed by atoms with Gasteiger partial charge in [-0.3, -0.25) is 38.9 Å². The minimum Gasteiger partial charge on any atom is -0.504 e. The molecule has 0 amide bonds. The van der Waals surface area contributed by atoms with E-state index in [9.17, 15) is 54.2 Å². The molecule has 9 rings (SSSR count). The van der Waals surface area contributed by atoms with Crippen molar-refractivity contribution >= 4 is 80.5 Å². The van der Waals surface area contributed by atoms with Gasteiger partial charge in [-0.15, -0.1) is 0 Å². The highest BCUT2D eigenvalue weighted by molar-refractivity contribution is 5.86. The molecule has 31 heteroatoms. The monoisotopic (exact) mass is 1400 g/mol. The first-order valence-corrected chi connectivity index (χ1v) is 30.6. The Morgan fingerprint density at radius 3 is 1.21 bits per heavy atom. The van der Waals surface area contributed by atoms with Crippen molar-refractivity contribution in [2.75, 3.05) is 81.4 Å². The lowest BCUT2D eigenvalue weighted by Crippen LogP contribution is -2.13. The van der Waals surface area contributed by atoms with Gasteiger partial charge < -0.3 is 91.5 Å². The number of nitro benzene ring substituents is 1. The van der Waals surface area contributed by atoms with Crippen LogP contribution in [0, 0.1) is 10.1 Å². The van der Waals surface area contributed by atoms with Gasteiger partial charge in [-0.2, -0.15) is 0 Å². The Kier molecular flexibility index (Phi) is 32.5. The summed E-state index contributed by atoms with van der Waals surface area (Å²) in [6.07, 6.45) is 4.38. The Morgan fingerprint density at radius 1 is 0.460 bits per heavy atom. The number of hydrogen-bond donors (Lipinski definition) is 5. The molecule has 0 spiro atoms. The number of nitrogens with zero attached hydrogens (tertiary/aromatic N) is 4. The van der Waals surface area contributed by atoms with E-state index in [1.54, 1.807) is 111 Å². The highest BCUT2D eigenvalue weighted by Crippen LogP contribution is 2.38. The van der Waals surface area contributed by atoms with Crippen molar-refractivity contribution in [3.05, 3.63) is 142 Å². The molecule has 0 aliphatic rings. The number of ether oxygens (including phenoxy) is 11. The van der Waals surface area contributed by atoms with Crippen molar-refractivity contribution in [2.24, 2.45) is 0 Å². The Bertz CT molecular complexity index is 4200. The van der Waals surface area contributed by atoms with E-state index < -0.39 is 34.2 Å². The van der Waals surface area contributed by atoms with Gasteiger partial charge in [-0.1, -0.05) is 6.07 Å². The molecule has 0 aliphatic carbocycles. The van der Waals surface area contributed by atoms with Crippen LogP contribution in [0.15, 0.2) is 111 Å². The SMILES string of the molecule is CCOC(=O)C(C)c1cc(OC)c2ocnc2c1.CCOC(=O)Cc1cc(N)c(O)c(OC)c1.CCOC(=O)Cc1cc(OC)c(O)c([N+](=O)[O-])c1.CCOC(=O)Cc1cc(OC)c2ocnc2c1.CCOC(=O)Cc1ccc(O)c(OC)c1.COc1cc(C(C)C(=O)O)cc2ncoc12. The number of rotatable bonds is 24. The molecule has 31 nitrogen and oxygen atoms in total. The fraction of sp³-hybridized carbons (Fsp3) is 0.348.